The van der Waals surface area contributed by atoms with E-state index in [1.165, 1.54) is 0 Å². The summed E-state index contributed by atoms with van der Waals surface area (Å²) in [5.41, 5.74) is 1.16. The third-order valence-electron chi connectivity index (χ3n) is 4.75. The minimum absolute atomic E-state index is 0.254. The van der Waals surface area contributed by atoms with E-state index in [0.29, 0.717) is 0 Å². The highest BCUT2D eigenvalue weighted by atomic mass is 19.4. The predicted octanol–water partition coefficient (Wildman–Crippen LogP) is 3.26. The number of benzene rings is 1. The van der Waals surface area contributed by atoms with Crippen molar-refractivity contribution in [1.82, 2.24) is 4.90 Å². The zero-order valence-corrected chi connectivity index (χ0v) is 14.8. The summed E-state index contributed by atoms with van der Waals surface area (Å²) in [6.45, 7) is 1.89. The van der Waals surface area contributed by atoms with E-state index >= 15 is 0 Å². The van der Waals surface area contributed by atoms with E-state index in [4.69, 9.17) is 5.11 Å². The second-order valence-corrected chi connectivity index (χ2v) is 6.62. The molecule has 8 heteroatoms. The Kier molecular flexibility index (Phi) is 6.15. The second-order valence-electron chi connectivity index (χ2n) is 6.62. The van der Waals surface area contributed by atoms with Gasteiger partial charge in [-0.1, -0.05) is 13.3 Å². The molecule has 0 spiro atoms. The van der Waals surface area contributed by atoms with Crippen LogP contribution in [0.5, 0.6) is 0 Å². The third kappa shape index (κ3) is 4.47. The summed E-state index contributed by atoms with van der Waals surface area (Å²) < 4.78 is 39.1. The van der Waals surface area contributed by atoms with Gasteiger partial charge in [0.2, 0.25) is 0 Å². The van der Waals surface area contributed by atoms with Crippen LogP contribution in [-0.2, 0) is 4.79 Å². The zero-order valence-electron chi connectivity index (χ0n) is 14.8. The fourth-order valence-corrected chi connectivity index (χ4v) is 3.12. The van der Waals surface area contributed by atoms with Crippen LogP contribution in [0.25, 0.3) is 0 Å². The number of halogens is 3. The summed E-state index contributed by atoms with van der Waals surface area (Å²) in [5.74, 6) is -5.77. The van der Waals surface area contributed by atoms with Crippen LogP contribution in [0.4, 0.5) is 18.9 Å². The summed E-state index contributed by atoms with van der Waals surface area (Å²) in [6.07, 6.45) is -2.56. The van der Waals surface area contributed by atoms with Gasteiger partial charge in [0.1, 0.15) is 0 Å². The molecule has 144 valence electrons. The van der Waals surface area contributed by atoms with Crippen LogP contribution in [-0.4, -0.2) is 54.7 Å². The molecule has 0 radical (unpaired) electrons. The molecule has 1 aliphatic heterocycles. The van der Waals surface area contributed by atoms with E-state index in [9.17, 15) is 22.8 Å². The molecule has 1 aromatic carbocycles. The van der Waals surface area contributed by atoms with Gasteiger partial charge >= 0.3 is 12.1 Å². The van der Waals surface area contributed by atoms with Crippen molar-refractivity contribution < 1.29 is 27.9 Å². The number of hydrogen-bond acceptors (Lipinski definition) is 3. The molecule has 1 aliphatic rings. The van der Waals surface area contributed by atoms with E-state index in [0.717, 1.165) is 30.0 Å². The summed E-state index contributed by atoms with van der Waals surface area (Å²) in [5, 5.41) is 9.04. The normalized spacial score (nSPS) is 20.3. The van der Waals surface area contributed by atoms with Gasteiger partial charge in [-0.05, 0) is 30.7 Å². The van der Waals surface area contributed by atoms with E-state index in [1.807, 2.05) is 11.9 Å². The van der Waals surface area contributed by atoms with Crippen molar-refractivity contribution in [2.75, 3.05) is 31.6 Å². The highest BCUT2D eigenvalue weighted by molar-refractivity contribution is 5.95. The molecule has 1 saturated heterocycles. The molecule has 1 heterocycles. The van der Waals surface area contributed by atoms with Gasteiger partial charge in [-0.25, -0.2) is 0 Å². The van der Waals surface area contributed by atoms with Crippen molar-refractivity contribution in [1.29, 1.82) is 0 Å². The first-order valence-electron chi connectivity index (χ1n) is 8.55. The van der Waals surface area contributed by atoms with Crippen LogP contribution in [0.1, 0.15) is 30.1 Å². The molecular formula is C18H23F3N2O3. The van der Waals surface area contributed by atoms with Crippen LogP contribution in [0.15, 0.2) is 24.3 Å². The molecule has 26 heavy (non-hydrogen) atoms. The van der Waals surface area contributed by atoms with Gasteiger partial charge in [0.05, 0.1) is 11.8 Å². The van der Waals surface area contributed by atoms with Gasteiger partial charge in [-0.2, -0.15) is 13.2 Å². The Hall–Kier alpha value is -2.25. The minimum Gasteiger partial charge on any atom is -0.481 e. The predicted molar refractivity (Wildman–Crippen MR) is 91.2 cm³/mol. The standard InChI is InChI=1S/C18H23F3N2O3/c1-3-4-9-22(2)13-7-5-12(6-8-13)16(24)23-10-14(17(25)26)15(11-23)18(19,20)21/h5-8,14-15H,3-4,9-11H2,1-2H3,(H,25,26)/t14-,15-/m1/s1. The summed E-state index contributed by atoms with van der Waals surface area (Å²) in [6, 6.07) is 6.62. The van der Waals surface area contributed by atoms with Crippen LogP contribution in [0.2, 0.25) is 0 Å². The fourth-order valence-electron chi connectivity index (χ4n) is 3.12. The summed E-state index contributed by atoms with van der Waals surface area (Å²) in [4.78, 5) is 26.6. The highest BCUT2D eigenvalue weighted by Gasteiger charge is 2.53. The Balaban J connectivity index is 2.10. The van der Waals surface area contributed by atoms with E-state index in [-0.39, 0.29) is 5.56 Å². The number of aliphatic carboxylic acids is 1. The highest BCUT2D eigenvalue weighted by Crippen LogP contribution is 2.38. The molecule has 1 aromatic rings. The Morgan fingerprint density at radius 1 is 1.23 bits per heavy atom. The lowest BCUT2D eigenvalue weighted by Crippen LogP contribution is -2.34. The van der Waals surface area contributed by atoms with Crippen molar-refractivity contribution in [2.45, 2.75) is 25.9 Å². The van der Waals surface area contributed by atoms with Crippen molar-refractivity contribution >= 4 is 17.6 Å². The number of alkyl halides is 3. The maximum Gasteiger partial charge on any atom is 0.394 e. The van der Waals surface area contributed by atoms with E-state index in [2.05, 4.69) is 6.92 Å². The third-order valence-corrected chi connectivity index (χ3v) is 4.75. The van der Waals surface area contributed by atoms with Crippen molar-refractivity contribution in [3.63, 3.8) is 0 Å². The number of carbonyl (C=O) groups is 2. The van der Waals surface area contributed by atoms with Crippen molar-refractivity contribution in [3.8, 4) is 0 Å². The zero-order chi connectivity index (χ0) is 19.5. The first kappa shape index (κ1) is 20.1. The first-order chi connectivity index (χ1) is 12.1. The number of carboxylic acid groups (broad SMARTS) is 1. The number of nitrogens with zero attached hydrogens (tertiary/aromatic N) is 2. The number of hydrogen-bond donors (Lipinski definition) is 1. The SMILES string of the molecule is CCCCN(C)c1ccc(C(=O)N2C[C@@H](C(F)(F)F)[C@H](C(=O)O)C2)cc1. The molecule has 2 rings (SSSR count). The van der Waals surface area contributed by atoms with Gasteiger partial charge in [-0.15, -0.1) is 0 Å². The molecule has 1 amide bonds. The number of carbonyl (C=O) groups excluding carboxylic acids is 1. The van der Waals surface area contributed by atoms with Crippen LogP contribution < -0.4 is 4.90 Å². The lowest BCUT2D eigenvalue weighted by Gasteiger charge is -2.20. The lowest BCUT2D eigenvalue weighted by atomic mass is 9.96. The Bertz CT molecular complexity index is 646. The van der Waals surface area contributed by atoms with Gasteiger partial charge in [-0.3, -0.25) is 9.59 Å². The molecule has 0 unspecified atom stereocenters. The smallest absolute Gasteiger partial charge is 0.394 e. The number of anilines is 1. The van der Waals surface area contributed by atoms with Gasteiger partial charge < -0.3 is 14.9 Å². The molecule has 2 atom stereocenters. The molecule has 5 nitrogen and oxygen atoms in total. The molecule has 0 bridgehead atoms. The maximum absolute atomic E-state index is 13.0. The first-order valence-corrected chi connectivity index (χ1v) is 8.55. The average Bonchev–Trinajstić information content (AvgIpc) is 3.05. The number of amides is 1. The molecule has 1 fully saturated rings. The quantitative estimate of drug-likeness (QED) is 0.833. The molecule has 0 saturated carbocycles. The van der Waals surface area contributed by atoms with Crippen LogP contribution in [0.3, 0.4) is 0 Å². The topological polar surface area (TPSA) is 60.9 Å². The number of likely N-dealkylation sites (tertiary alicyclic amines) is 1. The number of unbranched alkanes of at least 4 members (excludes halogenated alkanes) is 1. The van der Waals surface area contributed by atoms with E-state index < -0.39 is 43.0 Å². The van der Waals surface area contributed by atoms with Crippen LogP contribution in [0, 0.1) is 11.8 Å². The maximum atomic E-state index is 13.0. The van der Waals surface area contributed by atoms with Crippen molar-refractivity contribution in [3.05, 3.63) is 29.8 Å². The van der Waals surface area contributed by atoms with Gasteiger partial charge in [0, 0.05) is 37.9 Å². The molecule has 0 aliphatic carbocycles. The van der Waals surface area contributed by atoms with Crippen LogP contribution >= 0.6 is 0 Å². The lowest BCUT2D eigenvalue weighted by molar-refractivity contribution is -0.187. The largest absolute Gasteiger partial charge is 0.481 e. The summed E-state index contributed by atoms with van der Waals surface area (Å²) >= 11 is 0. The molecule has 0 aromatic heterocycles. The monoisotopic (exact) mass is 372 g/mol. The molecular weight excluding hydrogens is 349 g/mol. The molecule has 1 N–H and O–H groups in total. The van der Waals surface area contributed by atoms with Gasteiger partial charge in [0.25, 0.3) is 5.91 Å². The average molecular weight is 372 g/mol. The van der Waals surface area contributed by atoms with Gasteiger partial charge in [0.15, 0.2) is 0 Å². The fraction of sp³-hybridized carbons (Fsp3) is 0.556. The number of carboxylic acids is 1. The number of rotatable bonds is 6. The second kappa shape index (κ2) is 7.97. The Morgan fingerprint density at radius 3 is 2.31 bits per heavy atom. The summed E-state index contributed by atoms with van der Waals surface area (Å²) in [7, 11) is 1.93. The van der Waals surface area contributed by atoms with E-state index in [1.54, 1.807) is 24.3 Å². The Labute approximate surface area is 150 Å². The minimum atomic E-state index is -4.65. The van der Waals surface area contributed by atoms with Crippen molar-refractivity contribution in [2.24, 2.45) is 11.8 Å². The Morgan fingerprint density at radius 2 is 1.85 bits per heavy atom.